The van der Waals surface area contributed by atoms with E-state index in [-0.39, 0.29) is 11.8 Å². The zero-order valence-corrected chi connectivity index (χ0v) is 8.98. The minimum absolute atomic E-state index is 0.0846. The van der Waals surface area contributed by atoms with Crippen LogP contribution in [0.15, 0.2) is 24.3 Å². The summed E-state index contributed by atoms with van der Waals surface area (Å²) in [6, 6.07) is 7.26. The number of likely N-dealkylation sites (tertiary alicyclic amines) is 1. The number of nitrogens with zero attached hydrogens (tertiary/aromatic N) is 1. The molecule has 1 fully saturated rings. The summed E-state index contributed by atoms with van der Waals surface area (Å²) < 4.78 is 0. The van der Waals surface area contributed by atoms with Gasteiger partial charge in [-0.25, -0.2) is 0 Å². The maximum atomic E-state index is 11.6. The second-order valence-electron chi connectivity index (χ2n) is 3.97. The molecule has 0 atom stereocenters. The van der Waals surface area contributed by atoms with Gasteiger partial charge in [0.1, 0.15) is 0 Å². The molecule has 4 nitrogen and oxygen atoms in total. The Hall–Kier alpha value is -1.84. The smallest absolute Gasteiger partial charge is 0.229 e. The monoisotopic (exact) mass is 218 g/mol. The largest absolute Gasteiger partial charge is 0.399 e. The van der Waals surface area contributed by atoms with Gasteiger partial charge in [-0.3, -0.25) is 14.5 Å². The summed E-state index contributed by atoms with van der Waals surface area (Å²) >= 11 is 0. The fraction of sp³-hybridized carbons (Fsp3) is 0.333. The molecule has 2 N–H and O–H groups in total. The Morgan fingerprint density at radius 3 is 2.50 bits per heavy atom. The first-order valence-electron chi connectivity index (χ1n) is 5.34. The van der Waals surface area contributed by atoms with Crippen molar-refractivity contribution in [2.24, 2.45) is 0 Å². The topological polar surface area (TPSA) is 63.4 Å². The highest BCUT2D eigenvalue weighted by atomic mass is 16.2. The van der Waals surface area contributed by atoms with Crippen molar-refractivity contribution in [1.29, 1.82) is 0 Å². The predicted octanol–water partition coefficient (Wildman–Crippen LogP) is 1.31. The summed E-state index contributed by atoms with van der Waals surface area (Å²) in [6.45, 7) is 0.336. The van der Waals surface area contributed by atoms with Gasteiger partial charge in [-0.2, -0.15) is 0 Å². The van der Waals surface area contributed by atoms with Gasteiger partial charge < -0.3 is 5.73 Å². The Morgan fingerprint density at radius 1 is 1.19 bits per heavy atom. The Labute approximate surface area is 94.0 Å². The van der Waals surface area contributed by atoms with Crippen molar-refractivity contribution in [3.8, 4) is 0 Å². The third kappa shape index (κ3) is 2.21. The van der Waals surface area contributed by atoms with Crippen molar-refractivity contribution in [3.63, 3.8) is 0 Å². The molecule has 2 rings (SSSR count). The number of hydrogen-bond acceptors (Lipinski definition) is 3. The van der Waals surface area contributed by atoms with Crippen LogP contribution in [-0.4, -0.2) is 16.7 Å². The molecule has 0 spiro atoms. The van der Waals surface area contributed by atoms with Gasteiger partial charge in [-0.1, -0.05) is 12.1 Å². The third-order valence-electron chi connectivity index (χ3n) is 2.68. The molecule has 0 saturated carbocycles. The van der Waals surface area contributed by atoms with Gasteiger partial charge in [0.25, 0.3) is 0 Å². The summed E-state index contributed by atoms with van der Waals surface area (Å²) in [6.07, 6.45) is 1.60. The first kappa shape index (κ1) is 10.7. The number of nitrogens with two attached hydrogens (primary N) is 1. The van der Waals surface area contributed by atoms with Crippen LogP contribution in [0.5, 0.6) is 0 Å². The first-order chi connectivity index (χ1) is 7.66. The molecule has 4 heteroatoms. The molecule has 1 aliphatic heterocycles. The van der Waals surface area contributed by atoms with Crippen molar-refractivity contribution in [1.82, 2.24) is 4.90 Å². The fourth-order valence-electron chi connectivity index (χ4n) is 1.85. The molecule has 2 amide bonds. The van der Waals surface area contributed by atoms with Crippen molar-refractivity contribution < 1.29 is 9.59 Å². The minimum Gasteiger partial charge on any atom is -0.399 e. The summed E-state index contributed by atoms with van der Waals surface area (Å²) in [5.41, 5.74) is 7.18. The van der Waals surface area contributed by atoms with Crippen LogP contribution in [0.4, 0.5) is 5.69 Å². The molecular weight excluding hydrogens is 204 g/mol. The van der Waals surface area contributed by atoms with Crippen LogP contribution >= 0.6 is 0 Å². The van der Waals surface area contributed by atoms with E-state index in [1.165, 1.54) is 4.90 Å². The van der Waals surface area contributed by atoms with E-state index in [1.54, 1.807) is 12.1 Å². The zero-order chi connectivity index (χ0) is 11.5. The van der Waals surface area contributed by atoms with Crippen LogP contribution in [-0.2, 0) is 16.1 Å². The number of carbonyl (C=O) groups excluding carboxylic acids is 2. The fourth-order valence-corrected chi connectivity index (χ4v) is 1.85. The molecule has 0 unspecified atom stereocenters. The van der Waals surface area contributed by atoms with Crippen LogP contribution in [0.2, 0.25) is 0 Å². The van der Waals surface area contributed by atoms with Crippen molar-refractivity contribution in [2.45, 2.75) is 25.8 Å². The summed E-state index contributed by atoms with van der Waals surface area (Å²) in [5, 5.41) is 0. The number of carbonyl (C=O) groups is 2. The van der Waals surface area contributed by atoms with Crippen molar-refractivity contribution in [3.05, 3.63) is 29.8 Å². The second-order valence-corrected chi connectivity index (χ2v) is 3.97. The standard InChI is InChI=1S/C12H14N2O2/c13-10-4-1-3-9(7-10)8-14-11(15)5-2-6-12(14)16/h1,3-4,7H,2,5-6,8,13H2. The molecule has 0 aliphatic carbocycles. The van der Waals surface area contributed by atoms with E-state index in [9.17, 15) is 9.59 Å². The molecule has 1 heterocycles. The predicted molar refractivity (Wildman–Crippen MR) is 60.3 cm³/mol. The average molecular weight is 218 g/mol. The van der Waals surface area contributed by atoms with Gasteiger partial charge in [0.15, 0.2) is 0 Å². The lowest BCUT2D eigenvalue weighted by molar-refractivity contribution is -0.148. The molecule has 0 radical (unpaired) electrons. The number of imide groups is 1. The average Bonchev–Trinajstić information content (AvgIpc) is 2.24. The van der Waals surface area contributed by atoms with Gasteiger partial charge in [0, 0.05) is 18.5 Å². The second kappa shape index (κ2) is 4.35. The van der Waals surface area contributed by atoms with Crippen molar-refractivity contribution in [2.75, 3.05) is 5.73 Å². The van der Waals surface area contributed by atoms with E-state index >= 15 is 0 Å². The van der Waals surface area contributed by atoms with Gasteiger partial charge in [-0.15, -0.1) is 0 Å². The number of anilines is 1. The molecule has 0 bridgehead atoms. The van der Waals surface area contributed by atoms with E-state index in [4.69, 9.17) is 5.73 Å². The Bertz CT molecular complexity index is 413. The number of rotatable bonds is 2. The van der Waals surface area contributed by atoms with Gasteiger partial charge in [-0.05, 0) is 24.1 Å². The number of hydrogen-bond donors (Lipinski definition) is 1. The number of benzene rings is 1. The summed E-state index contributed by atoms with van der Waals surface area (Å²) in [5.74, 6) is -0.169. The molecule has 1 aromatic carbocycles. The number of piperidine rings is 1. The quantitative estimate of drug-likeness (QED) is 0.601. The lowest BCUT2D eigenvalue weighted by Gasteiger charge is -2.24. The van der Waals surface area contributed by atoms with Gasteiger partial charge >= 0.3 is 0 Å². The van der Waals surface area contributed by atoms with Crippen molar-refractivity contribution >= 4 is 17.5 Å². The number of amides is 2. The van der Waals surface area contributed by atoms with Crippen LogP contribution in [0.3, 0.4) is 0 Å². The SMILES string of the molecule is Nc1cccc(CN2C(=O)CCCC2=O)c1. The Balaban J connectivity index is 2.13. The molecule has 1 saturated heterocycles. The molecule has 1 aliphatic rings. The lowest BCUT2D eigenvalue weighted by Crippen LogP contribution is -2.39. The van der Waals surface area contributed by atoms with E-state index in [0.717, 1.165) is 5.56 Å². The van der Waals surface area contributed by atoms with Crippen LogP contribution in [0.25, 0.3) is 0 Å². The highest BCUT2D eigenvalue weighted by Gasteiger charge is 2.25. The normalized spacial score (nSPS) is 16.6. The van der Waals surface area contributed by atoms with Crippen LogP contribution in [0.1, 0.15) is 24.8 Å². The van der Waals surface area contributed by atoms with E-state index in [1.807, 2.05) is 12.1 Å². The summed E-state index contributed by atoms with van der Waals surface area (Å²) in [7, 11) is 0. The Kier molecular flexibility index (Phi) is 2.90. The molecular formula is C12H14N2O2. The van der Waals surface area contributed by atoms with Crippen LogP contribution in [0, 0.1) is 0 Å². The molecule has 1 aromatic rings. The van der Waals surface area contributed by atoms with Gasteiger partial charge in [0.2, 0.25) is 11.8 Å². The minimum atomic E-state index is -0.0846. The van der Waals surface area contributed by atoms with Crippen LogP contribution < -0.4 is 5.73 Å². The highest BCUT2D eigenvalue weighted by molar-refractivity contribution is 5.97. The highest BCUT2D eigenvalue weighted by Crippen LogP contribution is 2.16. The molecule has 0 aromatic heterocycles. The molecule has 84 valence electrons. The summed E-state index contributed by atoms with van der Waals surface area (Å²) in [4.78, 5) is 24.5. The Morgan fingerprint density at radius 2 is 1.88 bits per heavy atom. The van der Waals surface area contributed by atoms with E-state index in [0.29, 0.717) is 31.5 Å². The first-order valence-corrected chi connectivity index (χ1v) is 5.34. The maximum Gasteiger partial charge on any atom is 0.229 e. The third-order valence-corrected chi connectivity index (χ3v) is 2.68. The van der Waals surface area contributed by atoms with E-state index < -0.39 is 0 Å². The molecule has 16 heavy (non-hydrogen) atoms. The lowest BCUT2D eigenvalue weighted by atomic mass is 10.1. The number of nitrogen functional groups attached to an aromatic ring is 1. The zero-order valence-electron chi connectivity index (χ0n) is 8.98. The maximum absolute atomic E-state index is 11.6. The van der Waals surface area contributed by atoms with E-state index in [2.05, 4.69) is 0 Å². The van der Waals surface area contributed by atoms with Gasteiger partial charge in [0.05, 0.1) is 6.54 Å².